The molecule has 1 aromatic carbocycles. The number of hydrogen-bond acceptors (Lipinski definition) is 2. The normalized spacial score (nSPS) is 19.3. The second-order valence-corrected chi connectivity index (χ2v) is 4.21. The highest BCUT2D eigenvalue weighted by Gasteiger charge is 2.33. The molecule has 0 bridgehead atoms. The summed E-state index contributed by atoms with van der Waals surface area (Å²) in [6, 6.07) is 3.71. The van der Waals surface area contributed by atoms with Gasteiger partial charge in [0, 0.05) is 25.2 Å². The van der Waals surface area contributed by atoms with Gasteiger partial charge in [-0.05, 0) is 30.2 Å². The van der Waals surface area contributed by atoms with Crippen LogP contribution in [-0.2, 0) is 17.4 Å². The van der Waals surface area contributed by atoms with E-state index in [1.807, 2.05) is 4.90 Å². The minimum absolute atomic E-state index is 0.0222. The third-order valence-corrected chi connectivity index (χ3v) is 3.16. The van der Waals surface area contributed by atoms with Gasteiger partial charge in [-0.1, -0.05) is 0 Å². The number of nitrogens with zero attached hydrogens (tertiary/aromatic N) is 1. The molecule has 5 heteroatoms. The van der Waals surface area contributed by atoms with Crippen LogP contribution in [0.1, 0.15) is 17.5 Å². The molecule has 92 valence electrons. The molecule has 17 heavy (non-hydrogen) atoms. The summed E-state index contributed by atoms with van der Waals surface area (Å²) in [6.45, 7) is 0. The molecule has 0 fully saturated rings. The zero-order valence-electron chi connectivity index (χ0n) is 9.29. The first-order chi connectivity index (χ1) is 7.93. The van der Waals surface area contributed by atoms with Crippen LogP contribution in [0.2, 0.25) is 0 Å². The molecule has 0 aromatic heterocycles. The van der Waals surface area contributed by atoms with Crippen molar-refractivity contribution in [2.24, 2.45) is 0 Å². The molecule has 0 N–H and O–H groups in total. The summed E-state index contributed by atoms with van der Waals surface area (Å²) in [7, 11) is 1.80. The minimum atomic E-state index is -4.31. The predicted molar refractivity (Wildman–Crippen MR) is 58.0 cm³/mol. The minimum Gasteiger partial charge on any atom is -0.371 e. The van der Waals surface area contributed by atoms with Crippen LogP contribution in [0.25, 0.3) is 0 Å². The zero-order chi connectivity index (χ0) is 12.6. The number of halogens is 3. The van der Waals surface area contributed by atoms with E-state index in [2.05, 4.69) is 0 Å². The van der Waals surface area contributed by atoms with Gasteiger partial charge in [0.2, 0.25) is 0 Å². The second kappa shape index (κ2) is 4.05. The lowest BCUT2D eigenvalue weighted by atomic mass is 10.1. The summed E-state index contributed by atoms with van der Waals surface area (Å²) in [4.78, 5) is 12.3. The topological polar surface area (TPSA) is 20.3 Å². The number of rotatable bonds is 2. The monoisotopic (exact) mass is 243 g/mol. The number of hydrogen-bond donors (Lipinski definition) is 0. The Morgan fingerprint density at radius 2 is 2.18 bits per heavy atom. The van der Waals surface area contributed by atoms with E-state index in [0.29, 0.717) is 18.4 Å². The summed E-state index contributed by atoms with van der Waals surface area (Å²) < 4.78 is 37.6. The maximum absolute atomic E-state index is 12.5. The molecule has 1 aliphatic rings. The van der Waals surface area contributed by atoms with Crippen molar-refractivity contribution in [3.05, 3.63) is 29.3 Å². The van der Waals surface area contributed by atoms with Gasteiger partial charge in [0.15, 0.2) is 0 Å². The maximum Gasteiger partial charge on any atom is 0.416 e. The molecular weight excluding hydrogens is 231 g/mol. The Morgan fingerprint density at radius 1 is 1.47 bits per heavy atom. The Hall–Kier alpha value is -1.52. The lowest BCUT2D eigenvalue weighted by Gasteiger charge is -2.20. The molecule has 1 aliphatic heterocycles. The Morgan fingerprint density at radius 3 is 2.76 bits per heavy atom. The number of carbonyl (C=O) groups is 1. The van der Waals surface area contributed by atoms with Gasteiger partial charge in [-0.15, -0.1) is 0 Å². The first-order valence-corrected chi connectivity index (χ1v) is 5.30. The maximum atomic E-state index is 12.5. The molecule has 1 atom stereocenters. The van der Waals surface area contributed by atoms with Gasteiger partial charge in [0.1, 0.15) is 6.29 Å². The van der Waals surface area contributed by atoms with Gasteiger partial charge in [0.05, 0.1) is 5.56 Å². The van der Waals surface area contributed by atoms with Gasteiger partial charge in [0.25, 0.3) is 0 Å². The number of anilines is 1. The van der Waals surface area contributed by atoms with Crippen LogP contribution in [0.3, 0.4) is 0 Å². The lowest BCUT2D eigenvalue weighted by Crippen LogP contribution is -2.27. The molecule has 1 unspecified atom stereocenters. The summed E-state index contributed by atoms with van der Waals surface area (Å²) >= 11 is 0. The average Bonchev–Trinajstić information content (AvgIpc) is 2.55. The first kappa shape index (κ1) is 12.0. The van der Waals surface area contributed by atoms with E-state index >= 15 is 0 Å². The molecule has 0 radical (unpaired) electrons. The molecule has 2 nitrogen and oxygen atoms in total. The first-order valence-electron chi connectivity index (χ1n) is 5.30. The van der Waals surface area contributed by atoms with Crippen LogP contribution in [0.4, 0.5) is 18.9 Å². The van der Waals surface area contributed by atoms with E-state index < -0.39 is 11.7 Å². The second-order valence-electron chi connectivity index (χ2n) is 4.21. The van der Waals surface area contributed by atoms with E-state index in [1.165, 1.54) is 12.1 Å². The van der Waals surface area contributed by atoms with E-state index in [-0.39, 0.29) is 6.04 Å². The van der Waals surface area contributed by atoms with E-state index in [1.54, 1.807) is 7.05 Å². The molecule has 1 heterocycles. The van der Waals surface area contributed by atoms with Gasteiger partial charge < -0.3 is 9.69 Å². The van der Waals surface area contributed by atoms with Gasteiger partial charge >= 0.3 is 6.18 Å². The number of aldehydes is 1. The Kier molecular flexibility index (Phi) is 2.85. The van der Waals surface area contributed by atoms with Gasteiger partial charge in [-0.3, -0.25) is 0 Å². The van der Waals surface area contributed by atoms with E-state index in [0.717, 1.165) is 18.0 Å². The summed E-state index contributed by atoms with van der Waals surface area (Å²) in [5, 5.41) is 0. The van der Waals surface area contributed by atoms with Crippen molar-refractivity contribution in [3.8, 4) is 0 Å². The summed E-state index contributed by atoms with van der Waals surface area (Å²) in [5.74, 6) is 0. The van der Waals surface area contributed by atoms with Crippen molar-refractivity contribution in [1.29, 1.82) is 0 Å². The molecule has 0 aliphatic carbocycles. The van der Waals surface area contributed by atoms with Crippen molar-refractivity contribution in [2.75, 3.05) is 11.9 Å². The van der Waals surface area contributed by atoms with Crippen LogP contribution in [-0.4, -0.2) is 19.4 Å². The fourth-order valence-corrected chi connectivity index (χ4v) is 2.21. The van der Waals surface area contributed by atoms with Crippen LogP contribution in [0.15, 0.2) is 18.2 Å². The van der Waals surface area contributed by atoms with Crippen molar-refractivity contribution >= 4 is 12.0 Å². The molecule has 2 rings (SSSR count). The van der Waals surface area contributed by atoms with Crippen molar-refractivity contribution in [2.45, 2.75) is 25.1 Å². The standard InChI is InChI=1S/C12H12F3NO/c1-16-10(4-5-17)7-8-6-9(12(13,14)15)2-3-11(8)16/h2-3,5-6,10H,4,7H2,1H3. The molecule has 0 spiro atoms. The third-order valence-electron chi connectivity index (χ3n) is 3.16. The van der Waals surface area contributed by atoms with Crippen LogP contribution in [0, 0.1) is 0 Å². The number of fused-ring (bicyclic) bond motifs is 1. The third kappa shape index (κ3) is 2.14. The summed E-state index contributed by atoms with van der Waals surface area (Å²) in [5.41, 5.74) is 0.815. The number of benzene rings is 1. The van der Waals surface area contributed by atoms with Crippen molar-refractivity contribution in [3.63, 3.8) is 0 Å². The van der Waals surface area contributed by atoms with Crippen molar-refractivity contribution in [1.82, 2.24) is 0 Å². The van der Waals surface area contributed by atoms with E-state index in [9.17, 15) is 18.0 Å². The smallest absolute Gasteiger partial charge is 0.371 e. The number of likely N-dealkylation sites (N-methyl/N-ethyl adjacent to an activating group) is 1. The van der Waals surface area contributed by atoms with Crippen LogP contribution < -0.4 is 4.90 Å². The Labute approximate surface area is 97.0 Å². The van der Waals surface area contributed by atoms with Crippen molar-refractivity contribution < 1.29 is 18.0 Å². The van der Waals surface area contributed by atoms with E-state index in [4.69, 9.17) is 0 Å². The highest BCUT2D eigenvalue weighted by molar-refractivity contribution is 5.63. The Bertz CT molecular complexity index is 442. The number of carbonyl (C=O) groups excluding carboxylic acids is 1. The van der Waals surface area contributed by atoms with Gasteiger partial charge in [-0.2, -0.15) is 13.2 Å². The largest absolute Gasteiger partial charge is 0.416 e. The van der Waals surface area contributed by atoms with Gasteiger partial charge in [-0.25, -0.2) is 0 Å². The Balaban J connectivity index is 2.32. The lowest BCUT2D eigenvalue weighted by molar-refractivity contribution is -0.137. The zero-order valence-corrected chi connectivity index (χ0v) is 9.29. The fourth-order valence-electron chi connectivity index (χ4n) is 2.21. The number of alkyl halides is 3. The highest BCUT2D eigenvalue weighted by atomic mass is 19.4. The molecule has 1 aromatic rings. The fraction of sp³-hybridized carbons (Fsp3) is 0.417. The summed E-state index contributed by atoms with van der Waals surface area (Å²) in [6.07, 6.45) is -2.67. The molecule has 0 saturated carbocycles. The molecular formula is C12H12F3NO. The highest BCUT2D eigenvalue weighted by Crippen LogP contribution is 2.37. The van der Waals surface area contributed by atoms with Crippen LogP contribution in [0.5, 0.6) is 0 Å². The average molecular weight is 243 g/mol. The molecule has 0 amide bonds. The predicted octanol–water partition coefficient (Wildman–Crippen LogP) is 2.66. The van der Waals surface area contributed by atoms with Crippen LogP contribution >= 0.6 is 0 Å². The molecule has 0 saturated heterocycles. The SMILES string of the molecule is CN1c2ccc(C(F)(F)F)cc2CC1CC=O. The quantitative estimate of drug-likeness (QED) is 0.744.